The van der Waals surface area contributed by atoms with Crippen molar-refractivity contribution >= 4 is 54.1 Å². The molecule has 2 aromatic rings. The van der Waals surface area contributed by atoms with Crippen LogP contribution in [0.2, 0.25) is 0 Å². The van der Waals surface area contributed by atoms with Gasteiger partial charge >= 0.3 is 7.75 Å². The number of aliphatic hydroxyl groups excluding tert-OH is 1. The largest absolute Gasteiger partial charge is 0.403 e. The number of amides is 4. The van der Waals surface area contributed by atoms with Gasteiger partial charge < -0.3 is 30.3 Å². The minimum atomic E-state index is -4.54. The number of rotatable bonds is 10. The highest BCUT2D eigenvalue weighted by atomic mass is 31.2. The van der Waals surface area contributed by atoms with Gasteiger partial charge in [0, 0.05) is 53.6 Å². The molecule has 0 radical (unpaired) electrons. The highest BCUT2D eigenvalue weighted by Gasteiger charge is 2.68. The fraction of sp³-hybridized carbons (Fsp3) is 0.586. The minimum Gasteiger partial charge on any atom is -0.394 e. The van der Waals surface area contributed by atoms with Crippen LogP contribution in [-0.4, -0.2) is 134 Å². The summed E-state index contributed by atoms with van der Waals surface area (Å²) in [5.41, 5.74) is 10.4. The number of nitrogens with two attached hydrogens (primary N) is 1. The van der Waals surface area contributed by atoms with E-state index in [4.69, 9.17) is 15.0 Å². The smallest absolute Gasteiger partial charge is 0.394 e. The van der Waals surface area contributed by atoms with Crippen LogP contribution >= 0.6 is 7.75 Å². The van der Waals surface area contributed by atoms with Crippen LogP contribution in [0, 0.1) is 29.6 Å². The fourth-order valence-electron chi connectivity index (χ4n) is 8.08. The van der Waals surface area contributed by atoms with Crippen LogP contribution < -0.4 is 16.2 Å². The molecule has 2 saturated heterocycles. The van der Waals surface area contributed by atoms with Crippen molar-refractivity contribution in [2.24, 2.45) is 34.7 Å². The molecule has 2 bridgehead atoms. The van der Waals surface area contributed by atoms with E-state index in [-0.39, 0.29) is 48.6 Å². The van der Waals surface area contributed by atoms with Gasteiger partial charge in [0.2, 0.25) is 11.8 Å². The number of imide groups is 1. The number of hydrogen-bond acceptors (Lipinski definition) is 14. The standard InChI is InChI=1S/C29H38N11O9P/c1-37(2)28(44)21-17-12-7-13(18(17)22(36-35-21)29(45)38(3)4)20-19(12)26(42)39(27(20)43)6-5-34-50(46,47)49-14-8-16(48-15(14)9-41)40-11-33-23-24(30)31-10-32-25(23)40/h10-17,19-20,36,41H,5-9H2,1-4H3,(H2,30,31,32)(H2,34,46,47)/t12?,13?,14?,15-,16-,17?,19?,20?/m1/s1. The maximum Gasteiger partial charge on any atom is 0.403 e. The molecule has 2 aromatic heterocycles. The van der Waals surface area contributed by atoms with E-state index in [1.165, 1.54) is 22.5 Å². The second kappa shape index (κ2) is 12.5. The van der Waals surface area contributed by atoms with Gasteiger partial charge in [-0.2, -0.15) is 5.10 Å². The van der Waals surface area contributed by atoms with Crippen LogP contribution in [0.5, 0.6) is 0 Å². The Kier molecular flexibility index (Phi) is 8.51. The molecule has 4 fully saturated rings. The molecule has 268 valence electrons. The number of imidazole rings is 1. The Morgan fingerprint density at radius 1 is 1.12 bits per heavy atom. The third-order valence-electron chi connectivity index (χ3n) is 10.2. The average Bonchev–Trinajstić information content (AvgIpc) is 3.89. The first-order valence-corrected chi connectivity index (χ1v) is 17.6. The lowest BCUT2D eigenvalue weighted by Gasteiger charge is -2.36. The van der Waals surface area contributed by atoms with Crippen LogP contribution in [0.15, 0.2) is 29.0 Å². The SMILES string of the molecule is CN(C)C(=O)C1=NNC(C(=O)N(C)C)=C2C3CC(C12)C1C(=O)N(CCNP(=O)(O)OC2C[C@H](n4cnc5c(N)ncnc54)O[C@@H]2CO)C(=O)C31. The topological polar surface area (TPSA) is 260 Å². The number of hydrazone groups is 1. The summed E-state index contributed by atoms with van der Waals surface area (Å²) in [7, 11) is 1.81. The Labute approximate surface area is 285 Å². The van der Waals surface area contributed by atoms with Gasteiger partial charge in [-0.3, -0.25) is 38.6 Å². The highest BCUT2D eigenvalue weighted by molar-refractivity contribution is 7.50. The van der Waals surface area contributed by atoms with Crippen molar-refractivity contribution in [1.82, 2.24) is 44.7 Å². The lowest BCUT2D eigenvalue weighted by molar-refractivity contribution is -0.140. The zero-order chi connectivity index (χ0) is 35.8. The number of nitrogens with one attached hydrogen (secondary N) is 2. The molecular weight excluding hydrogens is 677 g/mol. The minimum absolute atomic E-state index is 0.0634. The number of carbonyl (C=O) groups is 4. The van der Waals surface area contributed by atoms with Gasteiger partial charge in [0.15, 0.2) is 11.5 Å². The van der Waals surface area contributed by atoms with Crippen molar-refractivity contribution in [3.63, 3.8) is 0 Å². The summed E-state index contributed by atoms with van der Waals surface area (Å²) in [5.74, 6) is -4.42. The summed E-state index contributed by atoms with van der Waals surface area (Å²) in [6, 6.07) is 0. The lowest BCUT2D eigenvalue weighted by Crippen LogP contribution is -2.47. The summed E-state index contributed by atoms with van der Waals surface area (Å²) in [4.78, 5) is 80.7. The molecule has 3 aliphatic heterocycles. The number of aliphatic hydroxyl groups is 1. The molecule has 5 aliphatic rings. The van der Waals surface area contributed by atoms with Gasteiger partial charge in [0.05, 0.1) is 24.8 Å². The maximum atomic E-state index is 13.8. The number of nitrogen functional groups attached to an aromatic ring is 1. The van der Waals surface area contributed by atoms with Gasteiger partial charge in [-0.1, -0.05) is 0 Å². The van der Waals surface area contributed by atoms with Gasteiger partial charge in [-0.15, -0.1) is 0 Å². The van der Waals surface area contributed by atoms with Crippen LogP contribution in [0.1, 0.15) is 19.1 Å². The van der Waals surface area contributed by atoms with Crippen molar-refractivity contribution in [1.29, 1.82) is 0 Å². The molecule has 50 heavy (non-hydrogen) atoms. The van der Waals surface area contributed by atoms with Crippen LogP contribution in [0.4, 0.5) is 5.82 Å². The predicted molar refractivity (Wildman–Crippen MR) is 172 cm³/mol. The van der Waals surface area contributed by atoms with E-state index in [2.05, 4.69) is 30.6 Å². The number of likely N-dealkylation sites (tertiary alicyclic amines) is 1. The lowest BCUT2D eigenvalue weighted by atomic mass is 9.69. The van der Waals surface area contributed by atoms with Gasteiger partial charge in [-0.25, -0.2) is 24.6 Å². The number of likely N-dealkylation sites (N-methyl/N-ethyl adjacent to an activating group) is 1. The Morgan fingerprint density at radius 3 is 2.54 bits per heavy atom. The molecule has 20 nitrogen and oxygen atoms in total. The van der Waals surface area contributed by atoms with E-state index in [9.17, 15) is 33.7 Å². The first kappa shape index (κ1) is 34.1. The Balaban J connectivity index is 1.03. The molecule has 9 atom stereocenters. The highest BCUT2D eigenvalue weighted by Crippen LogP contribution is 2.62. The number of carbonyl (C=O) groups excluding carboxylic acids is 4. The third-order valence-corrected chi connectivity index (χ3v) is 11.4. The van der Waals surface area contributed by atoms with Crippen LogP contribution in [0.25, 0.3) is 11.2 Å². The molecule has 0 spiro atoms. The zero-order valence-electron chi connectivity index (χ0n) is 27.7. The normalized spacial score (nSPS) is 31.1. The van der Waals surface area contributed by atoms with E-state index in [1.54, 1.807) is 32.8 Å². The average molecular weight is 716 g/mol. The Bertz CT molecular complexity index is 1900. The van der Waals surface area contributed by atoms with Gasteiger partial charge in [0.1, 0.15) is 41.7 Å². The van der Waals surface area contributed by atoms with E-state index in [0.29, 0.717) is 23.2 Å². The molecule has 5 heterocycles. The number of fused-ring (bicyclic) bond motifs is 9. The second-order valence-corrected chi connectivity index (χ2v) is 15.0. The van der Waals surface area contributed by atoms with Crippen molar-refractivity contribution in [2.45, 2.75) is 31.3 Å². The number of anilines is 1. The molecule has 7 unspecified atom stereocenters. The Morgan fingerprint density at radius 2 is 1.84 bits per heavy atom. The number of aromatic nitrogens is 4. The summed E-state index contributed by atoms with van der Waals surface area (Å²) in [6.07, 6.45) is 0.497. The second-order valence-electron chi connectivity index (χ2n) is 13.4. The first-order chi connectivity index (χ1) is 23.7. The molecule has 7 rings (SSSR count). The molecule has 6 N–H and O–H groups in total. The number of hydrogen-bond donors (Lipinski definition) is 5. The zero-order valence-corrected chi connectivity index (χ0v) is 28.6. The maximum absolute atomic E-state index is 13.8. The number of nitrogens with zero attached hydrogens (tertiary/aromatic N) is 8. The molecule has 2 saturated carbocycles. The summed E-state index contributed by atoms with van der Waals surface area (Å²) in [6.45, 7) is -1.00. The fourth-order valence-corrected chi connectivity index (χ4v) is 9.12. The molecule has 21 heteroatoms. The monoisotopic (exact) mass is 715 g/mol. The van der Waals surface area contributed by atoms with Gasteiger partial charge in [0.25, 0.3) is 11.8 Å². The van der Waals surface area contributed by atoms with Crippen molar-refractivity contribution in [3.05, 3.63) is 23.9 Å². The van der Waals surface area contributed by atoms with Crippen molar-refractivity contribution in [3.8, 4) is 0 Å². The summed E-state index contributed by atoms with van der Waals surface area (Å²) >= 11 is 0. The third kappa shape index (κ3) is 5.37. The Hall–Kier alpha value is -4.33. The molecule has 4 amide bonds. The van der Waals surface area contributed by atoms with E-state index >= 15 is 0 Å². The van der Waals surface area contributed by atoms with Crippen LogP contribution in [-0.2, 0) is 33.0 Å². The molecule has 2 aliphatic carbocycles. The summed E-state index contributed by atoms with van der Waals surface area (Å²) < 4.78 is 26.1. The van der Waals surface area contributed by atoms with Crippen molar-refractivity contribution < 1.29 is 43.0 Å². The van der Waals surface area contributed by atoms with Crippen molar-refractivity contribution in [2.75, 3.05) is 53.6 Å². The van der Waals surface area contributed by atoms with Crippen LogP contribution in [0.3, 0.4) is 0 Å². The predicted octanol–water partition coefficient (Wildman–Crippen LogP) is -1.98. The first-order valence-electron chi connectivity index (χ1n) is 16.1. The van der Waals surface area contributed by atoms with E-state index in [0.717, 1.165) is 4.90 Å². The van der Waals surface area contributed by atoms with Gasteiger partial charge in [-0.05, 0) is 23.8 Å². The number of allylic oxidation sites excluding steroid dienone is 1. The quantitative estimate of drug-likeness (QED) is 0.132. The molecular formula is C29H38N11O9P. The van der Waals surface area contributed by atoms with E-state index in [1.807, 2.05) is 0 Å². The number of ether oxygens (including phenoxy) is 1. The molecule has 0 aromatic carbocycles. The van der Waals surface area contributed by atoms with E-state index < -0.39 is 74.2 Å². The summed E-state index contributed by atoms with van der Waals surface area (Å²) in [5, 5.41) is 16.6.